The van der Waals surface area contributed by atoms with Gasteiger partial charge in [-0.2, -0.15) is 0 Å². The normalized spacial score (nSPS) is 12.3. The van der Waals surface area contributed by atoms with E-state index < -0.39 is 6.10 Å². The minimum atomic E-state index is -0.606. The van der Waals surface area contributed by atoms with Crippen LogP contribution in [0.1, 0.15) is 31.9 Å². The molecule has 0 aromatic heterocycles. The van der Waals surface area contributed by atoms with Gasteiger partial charge in [0.15, 0.2) is 6.10 Å². The quantitative estimate of drug-likeness (QED) is 0.247. The molecule has 0 aliphatic carbocycles. The van der Waals surface area contributed by atoms with Crippen LogP contribution in [0.25, 0.3) is 16.7 Å². The maximum atomic E-state index is 12.1. The molecule has 0 heterocycles. The number of halogens is 2. The summed E-state index contributed by atoms with van der Waals surface area (Å²) in [4.78, 5) is 12.1. The molecule has 3 aromatic rings. The molecular weight excluding hydrogens is 483 g/mol. The fraction of sp³-hybridized carbons (Fsp3) is 0.276. The van der Waals surface area contributed by atoms with Gasteiger partial charge in [0.25, 0.3) is 0 Å². The topological polar surface area (TPSA) is 44.8 Å². The Morgan fingerprint density at radius 3 is 2.34 bits per heavy atom. The predicted molar refractivity (Wildman–Crippen MR) is 143 cm³/mol. The van der Waals surface area contributed by atoms with E-state index in [1.54, 1.807) is 13.0 Å². The molecule has 0 unspecified atom stereocenters. The average molecular weight is 513 g/mol. The second kappa shape index (κ2) is 13.3. The third-order valence-corrected chi connectivity index (χ3v) is 6.31. The highest BCUT2D eigenvalue weighted by molar-refractivity contribution is 6.43. The Bertz CT molecular complexity index is 1160. The first-order valence-electron chi connectivity index (χ1n) is 11.6. The lowest BCUT2D eigenvalue weighted by Gasteiger charge is -2.16. The first kappa shape index (κ1) is 26.8. The van der Waals surface area contributed by atoms with Crippen LogP contribution in [0, 0.1) is 0 Å². The van der Waals surface area contributed by atoms with Crippen molar-refractivity contribution in [3.63, 3.8) is 0 Å². The van der Waals surface area contributed by atoms with Crippen molar-refractivity contribution in [2.75, 3.05) is 19.8 Å². The zero-order valence-corrected chi connectivity index (χ0v) is 21.7. The molecule has 0 fully saturated rings. The van der Waals surface area contributed by atoms with Crippen molar-refractivity contribution >= 4 is 34.7 Å². The fourth-order valence-corrected chi connectivity index (χ4v) is 4.13. The summed E-state index contributed by atoms with van der Waals surface area (Å²) in [6.07, 6.45) is 1.89. The first-order valence-corrected chi connectivity index (χ1v) is 12.4. The molecule has 3 rings (SSSR count). The fourth-order valence-electron chi connectivity index (χ4n) is 3.73. The van der Waals surface area contributed by atoms with Crippen molar-refractivity contribution in [1.82, 2.24) is 0 Å². The number of hydrogen-bond donors (Lipinski definition) is 0. The molecule has 0 aliphatic heterocycles. The van der Waals surface area contributed by atoms with E-state index in [4.69, 9.17) is 37.4 Å². The molecule has 0 amide bonds. The summed E-state index contributed by atoms with van der Waals surface area (Å²) in [5, 5.41) is 1.07. The minimum absolute atomic E-state index is 0.332. The Morgan fingerprint density at radius 2 is 1.63 bits per heavy atom. The van der Waals surface area contributed by atoms with Crippen LogP contribution in [-0.2, 0) is 20.7 Å². The molecule has 6 heteroatoms. The van der Waals surface area contributed by atoms with Crippen LogP contribution < -0.4 is 4.74 Å². The van der Waals surface area contributed by atoms with Gasteiger partial charge in [0.2, 0.25) is 0 Å². The molecule has 4 nitrogen and oxygen atoms in total. The lowest BCUT2D eigenvalue weighted by Crippen LogP contribution is -2.28. The third kappa shape index (κ3) is 7.35. The monoisotopic (exact) mass is 512 g/mol. The van der Waals surface area contributed by atoms with E-state index in [2.05, 4.69) is 6.07 Å². The van der Waals surface area contributed by atoms with Crippen molar-refractivity contribution in [1.29, 1.82) is 0 Å². The maximum Gasteiger partial charge on any atom is 0.335 e. The van der Waals surface area contributed by atoms with Gasteiger partial charge in [-0.05, 0) is 67.3 Å². The van der Waals surface area contributed by atoms with Crippen LogP contribution in [0.5, 0.6) is 5.75 Å². The van der Waals surface area contributed by atoms with E-state index in [-0.39, 0.29) is 5.97 Å². The number of carbonyl (C=O) groups excluding carboxylic acids is 1. The molecule has 0 N–H and O–H groups in total. The van der Waals surface area contributed by atoms with E-state index in [1.807, 2.05) is 74.5 Å². The number of allylic oxidation sites excluding steroid dienone is 1. The van der Waals surface area contributed by atoms with E-state index >= 15 is 0 Å². The van der Waals surface area contributed by atoms with Gasteiger partial charge in [-0.25, -0.2) is 4.79 Å². The van der Waals surface area contributed by atoms with E-state index in [1.165, 1.54) is 0 Å². The molecule has 0 bridgehead atoms. The highest BCUT2D eigenvalue weighted by atomic mass is 35.5. The molecule has 0 spiro atoms. The summed E-state index contributed by atoms with van der Waals surface area (Å²) in [5.41, 5.74) is 5.03. The van der Waals surface area contributed by atoms with Crippen molar-refractivity contribution in [2.45, 2.75) is 33.3 Å². The van der Waals surface area contributed by atoms with Gasteiger partial charge in [-0.1, -0.05) is 71.7 Å². The molecule has 0 saturated carbocycles. The van der Waals surface area contributed by atoms with Crippen molar-refractivity contribution in [3.8, 4) is 16.9 Å². The zero-order chi connectivity index (χ0) is 25.2. The maximum absolute atomic E-state index is 12.1. The summed E-state index contributed by atoms with van der Waals surface area (Å²) in [6, 6.07) is 21.4. The first-order chi connectivity index (χ1) is 16.9. The predicted octanol–water partition coefficient (Wildman–Crippen LogP) is 7.65. The Labute approximate surface area is 217 Å². The Balaban J connectivity index is 1.66. The summed E-state index contributed by atoms with van der Waals surface area (Å²) >= 11 is 12.7. The van der Waals surface area contributed by atoms with Gasteiger partial charge < -0.3 is 14.2 Å². The van der Waals surface area contributed by atoms with Gasteiger partial charge in [-0.15, -0.1) is 0 Å². The number of benzene rings is 3. The van der Waals surface area contributed by atoms with Gasteiger partial charge in [0, 0.05) is 18.6 Å². The molecule has 3 aromatic carbocycles. The van der Waals surface area contributed by atoms with Gasteiger partial charge >= 0.3 is 5.97 Å². The minimum Gasteiger partial charge on any atom is -0.490 e. The Morgan fingerprint density at radius 1 is 0.914 bits per heavy atom. The van der Waals surface area contributed by atoms with Crippen molar-refractivity contribution in [3.05, 3.63) is 94.0 Å². The van der Waals surface area contributed by atoms with Crippen LogP contribution in [0.4, 0.5) is 0 Å². The summed E-state index contributed by atoms with van der Waals surface area (Å²) in [7, 11) is 0. The van der Waals surface area contributed by atoms with Crippen LogP contribution >= 0.6 is 23.2 Å². The molecule has 0 saturated heterocycles. The zero-order valence-electron chi connectivity index (χ0n) is 20.2. The number of rotatable bonds is 11. The number of ether oxygens (including phenoxy) is 3. The number of carbonyl (C=O) groups is 1. The number of hydrogen-bond acceptors (Lipinski definition) is 4. The second-order valence-corrected chi connectivity index (χ2v) is 8.67. The summed E-state index contributed by atoms with van der Waals surface area (Å²) < 4.78 is 16.6. The van der Waals surface area contributed by atoms with Crippen LogP contribution in [0.2, 0.25) is 10.0 Å². The number of esters is 1. The van der Waals surface area contributed by atoms with Gasteiger partial charge in [-0.3, -0.25) is 0 Å². The molecule has 184 valence electrons. The van der Waals surface area contributed by atoms with E-state index in [9.17, 15) is 4.79 Å². The van der Waals surface area contributed by atoms with E-state index in [0.717, 1.165) is 33.6 Å². The molecule has 0 aliphatic rings. The van der Waals surface area contributed by atoms with Crippen LogP contribution in [0.15, 0.2) is 72.8 Å². The lowest BCUT2D eigenvalue weighted by atomic mass is 9.95. The SMILES string of the molecule is CCOC(=O)[C@H](Cc1ccc(OCC=C(C)c2ccccc2-c2cccc(Cl)c2Cl)cc1)OCC. The molecule has 35 heavy (non-hydrogen) atoms. The van der Waals surface area contributed by atoms with Gasteiger partial charge in [0.1, 0.15) is 12.4 Å². The molecule has 1 atom stereocenters. The van der Waals surface area contributed by atoms with Gasteiger partial charge in [0.05, 0.1) is 16.7 Å². The second-order valence-electron chi connectivity index (χ2n) is 7.89. The Hall–Kier alpha value is -2.79. The van der Waals surface area contributed by atoms with Crippen molar-refractivity contribution < 1.29 is 19.0 Å². The van der Waals surface area contributed by atoms with Crippen LogP contribution in [-0.4, -0.2) is 31.9 Å². The van der Waals surface area contributed by atoms with Crippen molar-refractivity contribution in [2.24, 2.45) is 0 Å². The standard InChI is InChI=1S/C29H30Cl2O4/c1-4-33-27(29(32)34-5-2)19-21-13-15-22(16-14-21)35-18-17-20(3)23-9-6-7-10-24(23)25-11-8-12-26(30)28(25)31/h6-17,27H,4-5,18-19H2,1-3H3/t27-/m0/s1. The molecular formula is C29H30Cl2O4. The smallest absolute Gasteiger partial charge is 0.335 e. The summed E-state index contributed by atoms with van der Waals surface area (Å²) in [6.45, 7) is 6.89. The van der Waals surface area contributed by atoms with Crippen LogP contribution in [0.3, 0.4) is 0 Å². The highest BCUT2D eigenvalue weighted by Crippen LogP contribution is 2.37. The lowest BCUT2D eigenvalue weighted by molar-refractivity contribution is -0.156. The summed E-state index contributed by atoms with van der Waals surface area (Å²) in [5.74, 6) is 0.405. The average Bonchev–Trinajstić information content (AvgIpc) is 2.86. The molecule has 0 radical (unpaired) electrons. The largest absolute Gasteiger partial charge is 0.490 e. The Kier molecular flexibility index (Phi) is 10.2. The van der Waals surface area contributed by atoms with E-state index in [0.29, 0.717) is 36.3 Å². The highest BCUT2D eigenvalue weighted by Gasteiger charge is 2.20. The third-order valence-electron chi connectivity index (χ3n) is 5.49.